The highest BCUT2D eigenvalue weighted by Gasteiger charge is 2.27. The minimum absolute atomic E-state index is 0.0434. The quantitative estimate of drug-likeness (QED) is 0.907. The van der Waals surface area contributed by atoms with E-state index in [1.165, 1.54) is 0 Å². The molecule has 0 bridgehead atoms. The van der Waals surface area contributed by atoms with Crippen LogP contribution < -0.4 is 4.74 Å². The zero-order chi connectivity index (χ0) is 14.1. The smallest absolute Gasteiger partial charge is 0.358 e. The Morgan fingerprint density at radius 3 is 2.85 bits per heavy atom. The van der Waals surface area contributed by atoms with Gasteiger partial charge >= 0.3 is 5.97 Å². The topological polar surface area (TPSA) is 86.5 Å². The van der Waals surface area contributed by atoms with Crippen LogP contribution >= 0.6 is 0 Å². The fourth-order valence-electron chi connectivity index (χ4n) is 2.20. The molecule has 7 heteroatoms. The number of carbonyl (C=O) groups is 1. The molecule has 1 N–H and O–H groups in total. The zero-order valence-corrected chi connectivity index (χ0v) is 10.8. The summed E-state index contributed by atoms with van der Waals surface area (Å²) in [6.45, 7) is 0.632. The van der Waals surface area contributed by atoms with Crippen molar-refractivity contribution < 1.29 is 19.4 Å². The second kappa shape index (κ2) is 4.93. The lowest BCUT2D eigenvalue weighted by atomic mass is 10.1. The average Bonchev–Trinajstić information content (AvgIpc) is 2.90. The van der Waals surface area contributed by atoms with Gasteiger partial charge in [0.25, 0.3) is 0 Å². The summed E-state index contributed by atoms with van der Waals surface area (Å²) in [6, 6.07) is 7.56. The van der Waals surface area contributed by atoms with Gasteiger partial charge in [0.1, 0.15) is 11.9 Å². The van der Waals surface area contributed by atoms with Crippen LogP contribution in [0.25, 0.3) is 0 Å². The third-order valence-corrected chi connectivity index (χ3v) is 3.29. The number of nitrogens with zero attached hydrogens (tertiary/aromatic N) is 3. The summed E-state index contributed by atoms with van der Waals surface area (Å²) in [4.78, 5) is 11.0. The van der Waals surface area contributed by atoms with E-state index in [0.717, 1.165) is 11.3 Å². The van der Waals surface area contributed by atoms with Crippen LogP contribution in [0.3, 0.4) is 0 Å². The van der Waals surface area contributed by atoms with Gasteiger partial charge in [-0.1, -0.05) is 17.3 Å². The van der Waals surface area contributed by atoms with Gasteiger partial charge in [-0.25, -0.2) is 9.48 Å². The van der Waals surface area contributed by atoms with E-state index in [1.807, 2.05) is 24.3 Å². The third kappa shape index (κ3) is 2.12. The normalized spacial score (nSPS) is 17.6. The van der Waals surface area contributed by atoms with Crippen LogP contribution in [-0.2, 0) is 17.9 Å². The van der Waals surface area contributed by atoms with Gasteiger partial charge in [-0.05, 0) is 17.7 Å². The molecule has 7 nitrogen and oxygen atoms in total. The van der Waals surface area contributed by atoms with Crippen molar-refractivity contribution in [3.8, 4) is 5.75 Å². The van der Waals surface area contributed by atoms with E-state index in [1.54, 1.807) is 11.8 Å². The first-order valence-electron chi connectivity index (χ1n) is 6.10. The molecule has 1 unspecified atom stereocenters. The largest absolute Gasteiger partial charge is 0.497 e. The molecule has 20 heavy (non-hydrogen) atoms. The molecule has 2 heterocycles. The molecule has 1 aliphatic heterocycles. The summed E-state index contributed by atoms with van der Waals surface area (Å²) in [5, 5.41) is 16.5. The van der Waals surface area contributed by atoms with E-state index >= 15 is 0 Å². The minimum atomic E-state index is -1.09. The van der Waals surface area contributed by atoms with Crippen LogP contribution in [0.4, 0.5) is 0 Å². The highest BCUT2D eigenvalue weighted by atomic mass is 16.5. The number of rotatable bonds is 3. The molecule has 0 aliphatic carbocycles. The Morgan fingerprint density at radius 2 is 2.20 bits per heavy atom. The second-order valence-electron chi connectivity index (χ2n) is 4.44. The lowest BCUT2D eigenvalue weighted by Gasteiger charge is -2.24. The van der Waals surface area contributed by atoms with E-state index in [2.05, 4.69) is 10.3 Å². The van der Waals surface area contributed by atoms with Crippen molar-refractivity contribution in [1.82, 2.24) is 15.0 Å². The molecule has 1 aromatic carbocycles. The summed E-state index contributed by atoms with van der Waals surface area (Å²) >= 11 is 0. The Balaban J connectivity index is 1.83. The van der Waals surface area contributed by atoms with Gasteiger partial charge in [0.2, 0.25) is 0 Å². The van der Waals surface area contributed by atoms with Crippen LogP contribution in [-0.4, -0.2) is 33.2 Å². The maximum absolute atomic E-state index is 11.0. The third-order valence-electron chi connectivity index (χ3n) is 3.29. The van der Waals surface area contributed by atoms with Crippen molar-refractivity contribution in [3.05, 3.63) is 41.2 Å². The molecule has 2 aromatic rings. The predicted octanol–water partition coefficient (Wildman–Crippen LogP) is 1.26. The Bertz CT molecular complexity index is 636. The molecule has 0 saturated heterocycles. The predicted molar refractivity (Wildman–Crippen MR) is 67.5 cm³/mol. The Labute approximate surface area is 114 Å². The molecule has 0 spiro atoms. The number of carboxylic acid groups (broad SMARTS) is 1. The number of hydrogen-bond acceptors (Lipinski definition) is 5. The fraction of sp³-hybridized carbons (Fsp3) is 0.308. The van der Waals surface area contributed by atoms with Crippen LogP contribution in [0.15, 0.2) is 24.3 Å². The van der Waals surface area contributed by atoms with E-state index in [-0.39, 0.29) is 18.4 Å². The van der Waals surface area contributed by atoms with Crippen LogP contribution in [0.5, 0.6) is 5.75 Å². The Hall–Kier alpha value is -2.41. The summed E-state index contributed by atoms with van der Waals surface area (Å²) in [5.74, 6) is -0.308. The summed E-state index contributed by atoms with van der Waals surface area (Å²) in [6.07, 6.45) is -0.170. The molecule has 104 valence electrons. The molecule has 0 amide bonds. The molecule has 0 saturated carbocycles. The first-order chi connectivity index (χ1) is 9.69. The first-order valence-corrected chi connectivity index (χ1v) is 6.10. The lowest BCUT2D eigenvalue weighted by molar-refractivity contribution is -0.00208. The van der Waals surface area contributed by atoms with Crippen molar-refractivity contribution in [3.63, 3.8) is 0 Å². The minimum Gasteiger partial charge on any atom is -0.497 e. The molecule has 0 fully saturated rings. The first kappa shape index (κ1) is 12.6. The van der Waals surface area contributed by atoms with E-state index in [4.69, 9.17) is 14.6 Å². The van der Waals surface area contributed by atoms with Gasteiger partial charge in [0.15, 0.2) is 5.69 Å². The molecule has 0 radical (unpaired) electrons. The van der Waals surface area contributed by atoms with Crippen molar-refractivity contribution in [2.75, 3.05) is 7.11 Å². The van der Waals surface area contributed by atoms with Gasteiger partial charge in [-0.3, -0.25) is 0 Å². The number of benzene rings is 1. The maximum atomic E-state index is 11.0. The summed E-state index contributed by atoms with van der Waals surface area (Å²) in [5.41, 5.74) is 1.45. The lowest BCUT2D eigenvalue weighted by Crippen LogP contribution is -2.23. The number of methoxy groups -OCH3 is 1. The van der Waals surface area contributed by atoms with Crippen molar-refractivity contribution >= 4 is 5.97 Å². The average molecular weight is 275 g/mol. The Morgan fingerprint density at radius 1 is 1.45 bits per heavy atom. The number of aromatic carboxylic acids is 1. The van der Waals surface area contributed by atoms with Crippen molar-refractivity contribution in [2.24, 2.45) is 0 Å². The van der Waals surface area contributed by atoms with Gasteiger partial charge in [0, 0.05) is 0 Å². The zero-order valence-electron chi connectivity index (χ0n) is 10.8. The monoisotopic (exact) mass is 275 g/mol. The molecular formula is C13H13N3O4. The molecule has 1 atom stereocenters. The summed E-state index contributed by atoms with van der Waals surface area (Å²) in [7, 11) is 1.61. The molecular weight excluding hydrogens is 262 g/mol. The fourth-order valence-corrected chi connectivity index (χ4v) is 2.20. The van der Waals surface area contributed by atoms with E-state index in [9.17, 15) is 4.79 Å². The van der Waals surface area contributed by atoms with Crippen LogP contribution in [0.2, 0.25) is 0 Å². The van der Waals surface area contributed by atoms with Crippen molar-refractivity contribution in [1.29, 1.82) is 0 Å². The highest BCUT2D eigenvalue weighted by molar-refractivity contribution is 5.86. The van der Waals surface area contributed by atoms with Crippen LogP contribution in [0.1, 0.15) is 27.8 Å². The molecule has 1 aliphatic rings. The van der Waals surface area contributed by atoms with Gasteiger partial charge in [-0.2, -0.15) is 0 Å². The molecule has 1 aromatic heterocycles. The Kier molecular flexibility index (Phi) is 3.11. The van der Waals surface area contributed by atoms with Gasteiger partial charge < -0.3 is 14.6 Å². The van der Waals surface area contributed by atoms with Gasteiger partial charge in [0.05, 0.1) is 26.0 Å². The second-order valence-corrected chi connectivity index (χ2v) is 4.44. The van der Waals surface area contributed by atoms with Crippen molar-refractivity contribution in [2.45, 2.75) is 19.3 Å². The number of aromatic nitrogens is 3. The standard InChI is InChI=1S/C13H13N3O4/c1-19-9-4-2-8(3-5-9)11-6-16-10(7-20-11)12(13(17)18)14-15-16/h2-5,11H,6-7H2,1H3,(H,17,18). The number of fused-ring (bicyclic) bond motifs is 1. The molecule has 3 rings (SSSR count). The van der Waals surface area contributed by atoms with Crippen LogP contribution in [0, 0.1) is 0 Å². The van der Waals surface area contributed by atoms with Gasteiger partial charge in [-0.15, -0.1) is 5.10 Å². The SMILES string of the molecule is COc1ccc(C2Cn3nnc(C(=O)O)c3CO2)cc1. The van der Waals surface area contributed by atoms with E-state index in [0.29, 0.717) is 12.2 Å². The number of ether oxygens (including phenoxy) is 2. The maximum Gasteiger partial charge on any atom is 0.358 e. The number of carboxylic acids is 1. The highest BCUT2D eigenvalue weighted by Crippen LogP contribution is 2.28. The summed E-state index contributed by atoms with van der Waals surface area (Å²) < 4.78 is 12.4. The van der Waals surface area contributed by atoms with E-state index < -0.39 is 5.97 Å². The number of hydrogen-bond donors (Lipinski definition) is 1.